The van der Waals surface area contributed by atoms with Gasteiger partial charge in [-0.25, -0.2) is 0 Å². The Morgan fingerprint density at radius 2 is 1.83 bits per heavy atom. The van der Waals surface area contributed by atoms with Crippen molar-refractivity contribution in [3.05, 3.63) is 11.9 Å². The van der Waals surface area contributed by atoms with Gasteiger partial charge in [-0.2, -0.15) is 9.65 Å². The van der Waals surface area contributed by atoms with Gasteiger partial charge in [0.1, 0.15) is 12.2 Å². The van der Waals surface area contributed by atoms with E-state index in [1.54, 1.807) is 0 Å². The monoisotopic (exact) mass is 335 g/mol. The number of nitriles is 1. The van der Waals surface area contributed by atoms with E-state index in [-0.39, 0.29) is 23.9 Å². The number of unbranched alkanes of at least 4 members (excludes halogenated alkanes) is 1. The lowest BCUT2D eigenvalue weighted by Gasteiger charge is -2.31. The molecular formula is C20H30FNO2. The van der Waals surface area contributed by atoms with E-state index in [9.17, 15) is 9.18 Å². The number of ether oxygens (including phenoxy) is 1. The van der Waals surface area contributed by atoms with E-state index in [2.05, 4.69) is 6.92 Å². The maximum absolute atomic E-state index is 13.0. The zero-order valence-corrected chi connectivity index (χ0v) is 14.8. The number of carbonyl (C=O) groups excluding carboxylic acids is 1. The van der Waals surface area contributed by atoms with Crippen LogP contribution in [0.5, 0.6) is 0 Å². The van der Waals surface area contributed by atoms with E-state index in [0.717, 1.165) is 57.3 Å². The van der Waals surface area contributed by atoms with Gasteiger partial charge < -0.3 is 4.74 Å². The number of hydrogen-bond donors (Lipinski definition) is 0. The number of esters is 1. The lowest BCUT2D eigenvalue weighted by Crippen LogP contribution is -2.30. The summed E-state index contributed by atoms with van der Waals surface area (Å²) in [6.45, 7) is 2.22. The molecule has 2 aliphatic rings. The summed E-state index contributed by atoms with van der Waals surface area (Å²) in [5, 5.41) is 8.48. The molecule has 0 saturated heterocycles. The Labute approximate surface area is 145 Å². The second-order valence-electron chi connectivity index (χ2n) is 7.46. The predicted molar refractivity (Wildman–Crippen MR) is 91.6 cm³/mol. The standard InChI is InChI=1S/C20H30FNO2/c1-2-3-4-15-5-9-17(10-6-15)20(23)24-19-11-7-16(8-12-19)13-18(21)14-22/h13,15-17,19H,2-12H2,1H3/t15-,16-,17-,19-. The van der Waals surface area contributed by atoms with Gasteiger partial charge in [0.25, 0.3) is 0 Å². The minimum Gasteiger partial charge on any atom is -0.462 e. The van der Waals surface area contributed by atoms with Crippen LogP contribution in [0.15, 0.2) is 11.9 Å². The quantitative estimate of drug-likeness (QED) is 0.478. The minimum atomic E-state index is -0.699. The molecule has 0 heterocycles. The molecule has 0 aliphatic heterocycles. The van der Waals surface area contributed by atoms with Gasteiger partial charge in [-0.3, -0.25) is 4.79 Å². The molecule has 4 heteroatoms. The highest BCUT2D eigenvalue weighted by Crippen LogP contribution is 2.34. The Morgan fingerprint density at radius 1 is 1.17 bits per heavy atom. The van der Waals surface area contributed by atoms with E-state index in [1.807, 2.05) is 0 Å². The fourth-order valence-electron chi connectivity index (χ4n) is 4.06. The van der Waals surface area contributed by atoms with Gasteiger partial charge in [-0.1, -0.05) is 26.2 Å². The molecule has 134 valence electrons. The van der Waals surface area contributed by atoms with Gasteiger partial charge >= 0.3 is 5.97 Å². The average molecular weight is 335 g/mol. The average Bonchev–Trinajstić information content (AvgIpc) is 2.61. The number of halogens is 1. The molecule has 2 saturated carbocycles. The molecule has 2 fully saturated rings. The lowest BCUT2D eigenvalue weighted by molar-refractivity contribution is -0.157. The largest absolute Gasteiger partial charge is 0.462 e. The van der Waals surface area contributed by atoms with Crippen molar-refractivity contribution in [2.45, 2.75) is 83.7 Å². The van der Waals surface area contributed by atoms with Gasteiger partial charge in [-0.05, 0) is 69.3 Å². The summed E-state index contributed by atoms with van der Waals surface area (Å²) < 4.78 is 18.7. The van der Waals surface area contributed by atoms with Crippen molar-refractivity contribution in [1.29, 1.82) is 5.26 Å². The Balaban J connectivity index is 1.68. The van der Waals surface area contributed by atoms with Crippen molar-refractivity contribution >= 4 is 5.97 Å². The van der Waals surface area contributed by atoms with E-state index >= 15 is 0 Å². The first-order chi connectivity index (χ1) is 11.6. The molecule has 24 heavy (non-hydrogen) atoms. The van der Waals surface area contributed by atoms with Crippen LogP contribution in [0.3, 0.4) is 0 Å². The molecule has 0 bridgehead atoms. The second kappa shape index (κ2) is 9.81. The number of carbonyl (C=O) groups is 1. The second-order valence-corrected chi connectivity index (χ2v) is 7.46. The Bertz CT molecular complexity index is 467. The van der Waals surface area contributed by atoms with Crippen LogP contribution in [0.1, 0.15) is 77.6 Å². The van der Waals surface area contributed by atoms with Gasteiger partial charge in [0.05, 0.1) is 5.92 Å². The highest BCUT2D eigenvalue weighted by Gasteiger charge is 2.30. The molecule has 2 aliphatic carbocycles. The van der Waals surface area contributed by atoms with Crippen molar-refractivity contribution in [2.24, 2.45) is 17.8 Å². The van der Waals surface area contributed by atoms with Crippen LogP contribution >= 0.6 is 0 Å². The van der Waals surface area contributed by atoms with Crippen molar-refractivity contribution in [1.82, 2.24) is 0 Å². The van der Waals surface area contributed by atoms with Gasteiger partial charge in [-0.15, -0.1) is 0 Å². The molecular weight excluding hydrogens is 305 g/mol. The summed E-state index contributed by atoms with van der Waals surface area (Å²) in [5.41, 5.74) is 0. The van der Waals surface area contributed by atoms with Gasteiger partial charge in [0, 0.05) is 0 Å². The molecule has 0 radical (unpaired) electrons. The fraction of sp³-hybridized carbons (Fsp3) is 0.800. The van der Waals surface area contributed by atoms with E-state index < -0.39 is 5.83 Å². The van der Waals surface area contributed by atoms with Crippen LogP contribution in [0.2, 0.25) is 0 Å². The first-order valence-electron chi connectivity index (χ1n) is 9.60. The molecule has 3 nitrogen and oxygen atoms in total. The van der Waals surface area contributed by atoms with Crippen LogP contribution in [0, 0.1) is 29.1 Å². The fourth-order valence-corrected chi connectivity index (χ4v) is 4.06. The summed E-state index contributed by atoms with van der Waals surface area (Å²) in [5.74, 6) is 0.262. The molecule has 2 rings (SSSR count). The molecule has 0 aromatic rings. The summed E-state index contributed by atoms with van der Waals surface area (Å²) in [6, 6.07) is 1.52. The van der Waals surface area contributed by atoms with Gasteiger partial charge in [0.2, 0.25) is 0 Å². The maximum Gasteiger partial charge on any atom is 0.309 e. The number of rotatable bonds is 6. The van der Waals surface area contributed by atoms with Crippen LogP contribution < -0.4 is 0 Å². The molecule has 0 atom stereocenters. The van der Waals surface area contributed by atoms with E-state index in [4.69, 9.17) is 10.00 Å². The van der Waals surface area contributed by atoms with Crippen molar-refractivity contribution in [3.8, 4) is 6.07 Å². The van der Waals surface area contributed by atoms with E-state index in [0.29, 0.717) is 0 Å². The summed E-state index contributed by atoms with van der Waals surface area (Å²) >= 11 is 0. The molecule has 0 N–H and O–H groups in total. The number of allylic oxidation sites excluding steroid dienone is 2. The third-order valence-electron chi connectivity index (χ3n) is 5.64. The first kappa shape index (κ1) is 19.0. The van der Waals surface area contributed by atoms with E-state index in [1.165, 1.54) is 31.4 Å². The zero-order valence-electron chi connectivity index (χ0n) is 14.8. The highest BCUT2D eigenvalue weighted by atomic mass is 19.1. The van der Waals surface area contributed by atoms with Crippen molar-refractivity contribution < 1.29 is 13.9 Å². The van der Waals surface area contributed by atoms with Crippen LogP contribution in [0.25, 0.3) is 0 Å². The lowest BCUT2D eigenvalue weighted by atomic mass is 9.80. The first-order valence-corrected chi connectivity index (χ1v) is 9.60. The van der Waals surface area contributed by atoms with Crippen LogP contribution in [0.4, 0.5) is 4.39 Å². The third kappa shape index (κ3) is 5.92. The maximum atomic E-state index is 13.0. The molecule has 0 spiro atoms. The SMILES string of the molecule is CCCC[C@H]1CC[C@H](C(=O)O[C@H]2CC[C@H](C=C(F)C#N)CC2)CC1. The number of hydrogen-bond acceptors (Lipinski definition) is 3. The normalized spacial score (nSPS) is 31.3. The summed E-state index contributed by atoms with van der Waals surface area (Å²) in [7, 11) is 0. The minimum absolute atomic E-state index is 0.0221. The topological polar surface area (TPSA) is 50.1 Å². The highest BCUT2D eigenvalue weighted by molar-refractivity contribution is 5.72. The summed E-state index contributed by atoms with van der Waals surface area (Å²) in [4.78, 5) is 12.4. The molecule has 0 unspecified atom stereocenters. The molecule has 0 aromatic heterocycles. The third-order valence-corrected chi connectivity index (χ3v) is 5.64. The zero-order chi connectivity index (χ0) is 17.4. The Morgan fingerprint density at radius 3 is 2.42 bits per heavy atom. The predicted octanol–water partition coefficient (Wildman–Crippen LogP) is 5.46. The molecule has 0 aromatic carbocycles. The summed E-state index contributed by atoms with van der Waals surface area (Å²) in [6.07, 6.45) is 12.6. The van der Waals surface area contributed by atoms with Crippen LogP contribution in [-0.4, -0.2) is 12.1 Å². The smallest absolute Gasteiger partial charge is 0.309 e. The number of nitrogens with zero attached hydrogens (tertiary/aromatic N) is 1. The van der Waals surface area contributed by atoms with Gasteiger partial charge in [0.15, 0.2) is 5.83 Å². The Hall–Kier alpha value is -1.37. The molecule has 0 amide bonds. The van der Waals surface area contributed by atoms with Crippen LogP contribution in [-0.2, 0) is 9.53 Å². The van der Waals surface area contributed by atoms with Crippen molar-refractivity contribution in [2.75, 3.05) is 0 Å². The van der Waals surface area contributed by atoms with Crippen molar-refractivity contribution in [3.63, 3.8) is 0 Å². The Kier molecular flexibility index (Phi) is 7.75.